The van der Waals surface area contributed by atoms with E-state index in [4.69, 9.17) is 23.2 Å². The van der Waals surface area contributed by atoms with E-state index in [0.717, 1.165) is 5.56 Å². The van der Waals surface area contributed by atoms with E-state index in [1.54, 1.807) is 30.5 Å². The number of rotatable bonds is 4. The van der Waals surface area contributed by atoms with E-state index in [1.165, 1.54) is 6.07 Å². The van der Waals surface area contributed by atoms with E-state index in [2.05, 4.69) is 5.32 Å². The van der Waals surface area contributed by atoms with Crippen LogP contribution in [0.25, 0.3) is 0 Å². The maximum Gasteiger partial charge on any atom is 0.255 e. The van der Waals surface area contributed by atoms with Crippen molar-refractivity contribution in [3.05, 3.63) is 63.6 Å². The Morgan fingerprint density at radius 1 is 1.14 bits per heavy atom. The first-order chi connectivity index (χ1) is 9.95. The van der Waals surface area contributed by atoms with Crippen molar-refractivity contribution in [2.24, 2.45) is 0 Å². The van der Waals surface area contributed by atoms with Crippen molar-refractivity contribution in [2.45, 2.75) is 5.75 Å². The van der Waals surface area contributed by atoms with Crippen molar-refractivity contribution in [3.63, 3.8) is 0 Å². The average Bonchev–Trinajstić information content (AvgIpc) is 2.41. The molecule has 0 heterocycles. The molecule has 0 saturated heterocycles. The summed E-state index contributed by atoms with van der Waals surface area (Å²) in [5.41, 5.74) is 1.98. The number of halogens is 2. The minimum absolute atomic E-state index is 0.275. The van der Waals surface area contributed by atoms with Crippen LogP contribution >= 0.6 is 23.2 Å². The van der Waals surface area contributed by atoms with Crippen LogP contribution in [0.5, 0.6) is 0 Å². The molecule has 0 fully saturated rings. The molecule has 2 aromatic rings. The highest BCUT2D eigenvalue weighted by molar-refractivity contribution is 7.83. The van der Waals surface area contributed by atoms with Crippen LogP contribution in [0.15, 0.2) is 42.5 Å². The zero-order valence-electron chi connectivity index (χ0n) is 11.2. The van der Waals surface area contributed by atoms with Crippen LogP contribution in [-0.2, 0) is 16.6 Å². The molecule has 110 valence electrons. The van der Waals surface area contributed by atoms with Gasteiger partial charge in [-0.2, -0.15) is 0 Å². The van der Waals surface area contributed by atoms with Gasteiger partial charge >= 0.3 is 0 Å². The monoisotopic (exact) mass is 341 g/mol. The Hall–Kier alpha value is -1.36. The Bertz CT molecular complexity index is 704. The van der Waals surface area contributed by atoms with Gasteiger partial charge in [-0.15, -0.1) is 0 Å². The third-order valence-corrected chi connectivity index (χ3v) is 4.22. The van der Waals surface area contributed by atoms with Crippen molar-refractivity contribution in [3.8, 4) is 0 Å². The molecule has 0 bridgehead atoms. The molecule has 0 aliphatic rings. The second kappa shape index (κ2) is 7.07. The van der Waals surface area contributed by atoms with Crippen molar-refractivity contribution < 1.29 is 9.00 Å². The molecule has 3 nitrogen and oxygen atoms in total. The Morgan fingerprint density at radius 2 is 1.90 bits per heavy atom. The molecule has 0 aliphatic heterocycles. The summed E-state index contributed by atoms with van der Waals surface area (Å²) < 4.78 is 11.2. The SMILES string of the molecule is CS(=O)Cc1cccc(NC(=O)c2ccc(Cl)c(Cl)c2)c1. The standard InChI is InChI=1S/C15H13Cl2NO2S/c1-21(20)9-10-3-2-4-12(7-10)18-15(19)11-5-6-13(16)14(17)8-11/h2-8H,9H2,1H3,(H,18,19). The van der Waals surface area contributed by atoms with Crippen LogP contribution in [0.3, 0.4) is 0 Å². The number of hydrogen-bond donors (Lipinski definition) is 1. The molecule has 0 aliphatic carbocycles. The fraction of sp³-hybridized carbons (Fsp3) is 0.133. The van der Waals surface area contributed by atoms with Gasteiger partial charge in [-0.05, 0) is 35.9 Å². The van der Waals surface area contributed by atoms with Crippen LogP contribution in [-0.4, -0.2) is 16.4 Å². The summed E-state index contributed by atoms with van der Waals surface area (Å²) in [6.45, 7) is 0. The molecule has 0 spiro atoms. The Kier molecular flexibility index (Phi) is 5.39. The molecule has 1 amide bonds. The molecule has 1 unspecified atom stereocenters. The zero-order chi connectivity index (χ0) is 15.4. The summed E-state index contributed by atoms with van der Waals surface area (Å²) >= 11 is 11.7. The largest absolute Gasteiger partial charge is 0.322 e. The van der Waals surface area contributed by atoms with Gasteiger partial charge in [-0.1, -0.05) is 35.3 Å². The maximum atomic E-state index is 12.1. The molecular formula is C15H13Cl2NO2S. The van der Waals surface area contributed by atoms with Gasteiger partial charge in [0.05, 0.1) is 10.0 Å². The summed E-state index contributed by atoms with van der Waals surface area (Å²) in [6, 6.07) is 12.0. The quantitative estimate of drug-likeness (QED) is 0.908. The lowest BCUT2D eigenvalue weighted by Crippen LogP contribution is -2.12. The number of carbonyl (C=O) groups is 1. The van der Waals surface area contributed by atoms with Gasteiger partial charge in [0, 0.05) is 34.1 Å². The van der Waals surface area contributed by atoms with E-state index in [9.17, 15) is 9.00 Å². The molecule has 2 aromatic carbocycles. The van der Waals surface area contributed by atoms with Gasteiger partial charge in [-0.3, -0.25) is 9.00 Å². The molecule has 1 atom stereocenters. The lowest BCUT2D eigenvalue weighted by molar-refractivity contribution is 0.102. The van der Waals surface area contributed by atoms with Crippen molar-refractivity contribution in [1.82, 2.24) is 0 Å². The lowest BCUT2D eigenvalue weighted by Gasteiger charge is -2.08. The number of amides is 1. The number of benzene rings is 2. The third-order valence-electron chi connectivity index (χ3n) is 2.74. The summed E-state index contributed by atoms with van der Waals surface area (Å²) in [7, 11) is -0.924. The Labute approximate surface area is 135 Å². The second-order valence-corrected chi connectivity index (χ2v) is 6.75. The molecule has 2 rings (SSSR count). The highest BCUT2D eigenvalue weighted by atomic mass is 35.5. The summed E-state index contributed by atoms with van der Waals surface area (Å²) in [6.07, 6.45) is 1.64. The molecule has 0 radical (unpaired) electrons. The molecule has 0 aromatic heterocycles. The number of hydrogen-bond acceptors (Lipinski definition) is 2. The van der Waals surface area contributed by atoms with E-state index in [-0.39, 0.29) is 5.91 Å². The van der Waals surface area contributed by atoms with Gasteiger partial charge in [-0.25, -0.2) is 0 Å². The predicted molar refractivity (Wildman–Crippen MR) is 88.6 cm³/mol. The average molecular weight is 342 g/mol. The van der Waals surface area contributed by atoms with Crippen LogP contribution in [0.4, 0.5) is 5.69 Å². The summed E-state index contributed by atoms with van der Waals surface area (Å²) in [4.78, 5) is 12.1. The van der Waals surface area contributed by atoms with Gasteiger partial charge in [0.15, 0.2) is 0 Å². The minimum Gasteiger partial charge on any atom is -0.322 e. The number of nitrogens with one attached hydrogen (secondary N) is 1. The zero-order valence-corrected chi connectivity index (χ0v) is 13.6. The Balaban J connectivity index is 2.15. The van der Waals surface area contributed by atoms with Gasteiger partial charge < -0.3 is 5.32 Å². The first-order valence-electron chi connectivity index (χ1n) is 6.11. The first-order valence-corrected chi connectivity index (χ1v) is 8.59. The van der Waals surface area contributed by atoms with Crippen LogP contribution in [0.1, 0.15) is 15.9 Å². The highest BCUT2D eigenvalue weighted by Crippen LogP contribution is 2.23. The highest BCUT2D eigenvalue weighted by Gasteiger charge is 2.09. The van der Waals surface area contributed by atoms with Gasteiger partial charge in [0.1, 0.15) is 0 Å². The Morgan fingerprint density at radius 3 is 2.57 bits per heavy atom. The van der Waals surface area contributed by atoms with Crippen LogP contribution < -0.4 is 5.32 Å². The van der Waals surface area contributed by atoms with Gasteiger partial charge in [0.2, 0.25) is 0 Å². The fourth-order valence-electron chi connectivity index (χ4n) is 1.81. The normalized spacial score (nSPS) is 12.0. The van der Waals surface area contributed by atoms with E-state index in [1.807, 2.05) is 12.1 Å². The van der Waals surface area contributed by atoms with Crippen LogP contribution in [0.2, 0.25) is 10.0 Å². The van der Waals surface area contributed by atoms with E-state index < -0.39 is 10.8 Å². The van der Waals surface area contributed by atoms with Crippen LogP contribution in [0, 0.1) is 0 Å². The molecular weight excluding hydrogens is 329 g/mol. The van der Waals surface area contributed by atoms with E-state index in [0.29, 0.717) is 27.0 Å². The first kappa shape index (κ1) is 16.0. The molecule has 6 heteroatoms. The smallest absolute Gasteiger partial charge is 0.255 e. The number of carbonyl (C=O) groups excluding carboxylic acids is 1. The summed E-state index contributed by atoms with van der Waals surface area (Å²) in [5, 5.41) is 3.52. The summed E-state index contributed by atoms with van der Waals surface area (Å²) in [5.74, 6) is 0.180. The maximum absolute atomic E-state index is 12.1. The lowest BCUT2D eigenvalue weighted by atomic mass is 10.2. The molecule has 21 heavy (non-hydrogen) atoms. The second-order valence-electron chi connectivity index (χ2n) is 4.50. The van der Waals surface area contributed by atoms with E-state index >= 15 is 0 Å². The van der Waals surface area contributed by atoms with Gasteiger partial charge in [0.25, 0.3) is 5.91 Å². The van der Waals surface area contributed by atoms with Crippen molar-refractivity contribution in [1.29, 1.82) is 0 Å². The third kappa shape index (κ3) is 4.56. The molecule has 0 saturated carbocycles. The molecule has 1 N–H and O–H groups in total. The fourth-order valence-corrected chi connectivity index (χ4v) is 2.76. The van der Waals surface area contributed by atoms with Crippen molar-refractivity contribution >= 4 is 45.6 Å². The topological polar surface area (TPSA) is 46.2 Å². The van der Waals surface area contributed by atoms with Crippen molar-refractivity contribution in [2.75, 3.05) is 11.6 Å². The predicted octanol–water partition coefficient (Wildman–Crippen LogP) is 4.12. The minimum atomic E-state index is -0.924. The number of anilines is 1.